The smallest absolute Gasteiger partial charge is 0.254 e. The molecule has 0 aliphatic heterocycles. The molecule has 0 saturated carbocycles. The lowest BCUT2D eigenvalue weighted by Crippen LogP contribution is -2.26. The van der Waals surface area contributed by atoms with Gasteiger partial charge in [0.1, 0.15) is 0 Å². The summed E-state index contributed by atoms with van der Waals surface area (Å²) < 4.78 is 0. The van der Waals surface area contributed by atoms with Crippen LogP contribution in [0.25, 0.3) is 0 Å². The van der Waals surface area contributed by atoms with Gasteiger partial charge in [-0.1, -0.05) is 36.4 Å². The van der Waals surface area contributed by atoms with Crippen LogP contribution < -0.4 is 10.6 Å². The van der Waals surface area contributed by atoms with Crippen molar-refractivity contribution >= 4 is 17.5 Å². The SMILES string of the molecule is Cc1cc(C)cc(Nc2ncc(C(=O)NC(C)c3ccccc3)cn2)c1. The van der Waals surface area contributed by atoms with Crippen LogP contribution in [-0.4, -0.2) is 15.9 Å². The highest BCUT2D eigenvalue weighted by Crippen LogP contribution is 2.17. The summed E-state index contributed by atoms with van der Waals surface area (Å²) in [4.78, 5) is 20.9. The van der Waals surface area contributed by atoms with E-state index in [4.69, 9.17) is 0 Å². The lowest BCUT2D eigenvalue weighted by Gasteiger charge is -2.14. The van der Waals surface area contributed by atoms with Crippen LogP contribution >= 0.6 is 0 Å². The molecule has 3 rings (SSSR count). The van der Waals surface area contributed by atoms with E-state index in [0.717, 1.165) is 11.3 Å². The van der Waals surface area contributed by atoms with Crippen molar-refractivity contribution in [2.24, 2.45) is 0 Å². The minimum Gasteiger partial charge on any atom is -0.345 e. The van der Waals surface area contributed by atoms with Crippen LogP contribution in [0, 0.1) is 13.8 Å². The molecule has 1 heterocycles. The average molecular weight is 346 g/mol. The fourth-order valence-corrected chi connectivity index (χ4v) is 2.79. The molecule has 1 aromatic heterocycles. The molecule has 5 nitrogen and oxygen atoms in total. The lowest BCUT2D eigenvalue weighted by molar-refractivity contribution is 0.0939. The summed E-state index contributed by atoms with van der Waals surface area (Å²) in [6.07, 6.45) is 3.07. The van der Waals surface area contributed by atoms with Gasteiger partial charge < -0.3 is 10.6 Å². The first-order chi connectivity index (χ1) is 12.5. The van der Waals surface area contributed by atoms with Gasteiger partial charge in [-0.2, -0.15) is 0 Å². The summed E-state index contributed by atoms with van der Waals surface area (Å²) in [6, 6.07) is 15.9. The number of rotatable bonds is 5. The zero-order valence-corrected chi connectivity index (χ0v) is 15.2. The van der Waals surface area contributed by atoms with E-state index in [1.807, 2.05) is 63.2 Å². The van der Waals surface area contributed by atoms with Crippen LogP contribution in [0.1, 0.15) is 40.0 Å². The maximum atomic E-state index is 12.4. The molecule has 0 aliphatic carbocycles. The van der Waals surface area contributed by atoms with Gasteiger partial charge in [0.15, 0.2) is 0 Å². The molecule has 2 aromatic carbocycles. The van der Waals surface area contributed by atoms with E-state index < -0.39 is 0 Å². The Kier molecular flexibility index (Phi) is 5.27. The predicted molar refractivity (Wildman–Crippen MR) is 104 cm³/mol. The maximum Gasteiger partial charge on any atom is 0.254 e. The molecule has 132 valence electrons. The Balaban J connectivity index is 1.66. The molecule has 0 aliphatic rings. The third-order valence-electron chi connectivity index (χ3n) is 4.04. The number of hydrogen-bond donors (Lipinski definition) is 2. The summed E-state index contributed by atoms with van der Waals surface area (Å²) in [5.41, 5.74) is 4.74. The summed E-state index contributed by atoms with van der Waals surface area (Å²) in [5, 5.41) is 6.12. The first kappa shape index (κ1) is 17.6. The summed E-state index contributed by atoms with van der Waals surface area (Å²) in [5.74, 6) is 0.266. The third kappa shape index (κ3) is 4.45. The number of aryl methyl sites for hydroxylation is 2. The molecule has 5 heteroatoms. The quantitative estimate of drug-likeness (QED) is 0.722. The number of anilines is 2. The first-order valence-electron chi connectivity index (χ1n) is 8.54. The Bertz CT molecular complexity index is 871. The minimum absolute atomic E-state index is 0.0863. The number of amides is 1. The van der Waals surface area contributed by atoms with Gasteiger partial charge in [0.25, 0.3) is 5.91 Å². The number of benzene rings is 2. The number of aromatic nitrogens is 2. The molecular formula is C21H22N4O. The van der Waals surface area contributed by atoms with Gasteiger partial charge in [0.2, 0.25) is 5.95 Å². The van der Waals surface area contributed by atoms with E-state index in [1.54, 1.807) is 0 Å². The third-order valence-corrected chi connectivity index (χ3v) is 4.04. The van der Waals surface area contributed by atoms with Crippen LogP contribution in [0.4, 0.5) is 11.6 Å². The van der Waals surface area contributed by atoms with Gasteiger partial charge in [-0.05, 0) is 49.6 Å². The number of carbonyl (C=O) groups excluding carboxylic acids is 1. The molecule has 1 atom stereocenters. The van der Waals surface area contributed by atoms with Gasteiger partial charge in [0, 0.05) is 18.1 Å². The highest BCUT2D eigenvalue weighted by Gasteiger charge is 2.12. The maximum absolute atomic E-state index is 12.4. The molecule has 1 unspecified atom stereocenters. The Morgan fingerprint density at radius 3 is 2.19 bits per heavy atom. The summed E-state index contributed by atoms with van der Waals surface area (Å²) >= 11 is 0. The second-order valence-corrected chi connectivity index (χ2v) is 6.40. The normalized spacial score (nSPS) is 11.7. The van der Waals surface area contributed by atoms with Gasteiger partial charge in [-0.15, -0.1) is 0 Å². The van der Waals surface area contributed by atoms with Crippen molar-refractivity contribution in [3.63, 3.8) is 0 Å². The summed E-state index contributed by atoms with van der Waals surface area (Å²) in [7, 11) is 0. The molecular weight excluding hydrogens is 324 g/mol. The highest BCUT2D eigenvalue weighted by atomic mass is 16.1. The van der Waals surface area contributed by atoms with Gasteiger partial charge in [-0.25, -0.2) is 9.97 Å². The number of nitrogens with one attached hydrogen (secondary N) is 2. The van der Waals surface area contributed by atoms with Gasteiger partial charge in [0.05, 0.1) is 11.6 Å². The van der Waals surface area contributed by atoms with Gasteiger partial charge in [-0.3, -0.25) is 4.79 Å². The predicted octanol–water partition coefficient (Wildman–Crippen LogP) is 4.33. The largest absolute Gasteiger partial charge is 0.345 e. The van der Waals surface area contributed by atoms with Crippen LogP contribution in [-0.2, 0) is 0 Å². The monoisotopic (exact) mass is 346 g/mol. The van der Waals surface area contributed by atoms with E-state index in [-0.39, 0.29) is 11.9 Å². The second-order valence-electron chi connectivity index (χ2n) is 6.40. The number of nitrogens with zero attached hydrogens (tertiary/aromatic N) is 2. The molecule has 0 spiro atoms. The molecule has 0 bridgehead atoms. The Morgan fingerprint density at radius 1 is 0.962 bits per heavy atom. The van der Waals surface area contributed by atoms with E-state index in [0.29, 0.717) is 11.5 Å². The zero-order chi connectivity index (χ0) is 18.5. The van der Waals surface area contributed by atoms with E-state index >= 15 is 0 Å². The molecule has 0 radical (unpaired) electrons. The van der Waals surface area contributed by atoms with Crippen molar-refractivity contribution < 1.29 is 4.79 Å². The first-order valence-corrected chi connectivity index (χ1v) is 8.54. The number of hydrogen-bond acceptors (Lipinski definition) is 4. The molecule has 0 fully saturated rings. The fraction of sp³-hybridized carbons (Fsp3) is 0.190. The van der Waals surface area contributed by atoms with Crippen LogP contribution in [0.2, 0.25) is 0 Å². The van der Waals surface area contributed by atoms with Crippen LogP contribution in [0.15, 0.2) is 60.9 Å². The lowest BCUT2D eigenvalue weighted by atomic mass is 10.1. The number of carbonyl (C=O) groups is 1. The van der Waals surface area contributed by atoms with Crippen molar-refractivity contribution in [1.82, 2.24) is 15.3 Å². The van der Waals surface area contributed by atoms with Crippen LogP contribution in [0.5, 0.6) is 0 Å². The van der Waals surface area contributed by atoms with E-state index in [9.17, 15) is 4.79 Å². The van der Waals surface area contributed by atoms with Crippen molar-refractivity contribution in [1.29, 1.82) is 0 Å². The van der Waals surface area contributed by atoms with Crippen molar-refractivity contribution in [3.05, 3.63) is 83.2 Å². The Morgan fingerprint density at radius 2 is 1.58 bits per heavy atom. The van der Waals surface area contributed by atoms with Crippen LogP contribution in [0.3, 0.4) is 0 Å². The highest BCUT2D eigenvalue weighted by molar-refractivity contribution is 5.93. The molecule has 3 aromatic rings. The summed E-state index contributed by atoms with van der Waals surface area (Å²) in [6.45, 7) is 6.03. The Labute approximate surface area is 153 Å². The van der Waals surface area contributed by atoms with Crippen molar-refractivity contribution in [3.8, 4) is 0 Å². The molecule has 2 N–H and O–H groups in total. The van der Waals surface area contributed by atoms with Gasteiger partial charge >= 0.3 is 0 Å². The fourth-order valence-electron chi connectivity index (χ4n) is 2.79. The van der Waals surface area contributed by atoms with E-state index in [1.165, 1.54) is 23.5 Å². The van der Waals surface area contributed by atoms with Crippen molar-refractivity contribution in [2.75, 3.05) is 5.32 Å². The average Bonchev–Trinajstić information content (AvgIpc) is 2.62. The van der Waals surface area contributed by atoms with E-state index in [2.05, 4.69) is 26.7 Å². The molecule has 26 heavy (non-hydrogen) atoms. The molecule has 0 saturated heterocycles. The minimum atomic E-state index is -0.195. The second kappa shape index (κ2) is 7.78. The standard InChI is InChI=1S/C21H22N4O/c1-14-9-15(2)11-19(10-14)25-21-22-12-18(13-23-21)20(26)24-16(3)17-7-5-4-6-8-17/h4-13,16H,1-3H3,(H,24,26)(H,22,23,25). The van der Waals surface area contributed by atoms with Crippen molar-refractivity contribution in [2.45, 2.75) is 26.8 Å². The Hall–Kier alpha value is -3.21. The topological polar surface area (TPSA) is 66.9 Å². The molecule has 1 amide bonds. The zero-order valence-electron chi connectivity index (χ0n) is 15.2.